The van der Waals surface area contributed by atoms with Crippen molar-refractivity contribution in [2.75, 3.05) is 19.6 Å². The Morgan fingerprint density at radius 1 is 0.870 bits per heavy atom. The smallest absolute Gasteiger partial charge is 0.411 e. The van der Waals surface area contributed by atoms with Gasteiger partial charge in [-0.05, 0) is 48.5 Å². The minimum absolute atomic E-state index is 0.115. The van der Waals surface area contributed by atoms with Crippen LogP contribution >= 0.6 is 0 Å². The van der Waals surface area contributed by atoms with Gasteiger partial charge in [0.2, 0.25) is 0 Å². The minimum Gasteiger partial charge on any atom is -0.444 e. The Labute approximate surface area is 137 Å². The number of amides is 2. The third-order valence-electron chi connectivity index (χ3n) is 3.13. The summed E-state index contributed by atoms with van der Waals surface area (Å²) in [5.41, 5.74) is -1.24. The monoisotopic (exact) mass is 328 g/mol. The Morgan fingerprint density at radius 2 is 1.35 bits per heavy atom. The molecule has 1 rings (SSSR count). The predicted octanol–water partition coefficient (Wildman–Crippen LogP) is 2.43. The maximum Gasteiger partial charge on any atom is 0.411 e. The molecule has 0 radical (unpaired) electrons. The lowest BCUT2D eigenvalue weighted by molar-refractivity contribution is -0.124. The summed E-state index contributed by atoms with van der Waals surface area (Å²) in [6, 6.07) is -0.717. The largest absolute Gasteiger partial charge is 0.444 e. The molecule has 7 heteroatoms. The highest BCUT2D eigenvalue weighted by Gasteiger charge is 2.38. The van der Waals surface area contributed by atoms with Crippen molar-refractivity contribution in [3.8, 4) is 0 Å². The number of Topliss-reactive ketones (excluding diaryl/α,β-unsaturated/α-hetero) is 1. The fourth-order valence-electron chi connectivity index (χ4n) is 2.16. The summed E-state index contributed by atoms with van der Waals surface area (Å²) in [7, 11) is 0. The van der Waals surface area contributed by atoms with Gasteiger partial charge in [-0.3, -0.25) is 9.69 Å². The van der Waals surface area contributed by atoms with E-state index in [-0.39, 0.29) is 18.9 Å². The Balaban J connectivity index is 2.80. The minimum atomic E-state index is -0.717. The predicted molar refractivity (Wildman–Crippen MR) is 85.2 cm³/mol. The third kappa shape index (κ3) is 6.08. The van der Waals surface area contributed by atoms with Gasteiger partial charge < -0.3 is 14.4 Å². The number of hydrogen-bond donors (Lipinski definition) is 0. The van der Waals surface area contributed by atoms with E-state index in [1.54, 1.807) is 41.5 Å². The summed E-state index contributed by atoms with van der Waals surface area (Å²) in [5, 5.41) is 0. The van der Waals surface area contributed by atoms with Gasteiger partial charge in [-0.25, -0.2) is 9.59 Å². The molecule has 0 aromatic carbocycles. The molecular weight excluding hydrogens is 300 g/mol. The average molecular weight is 328 g/mol. The van der Waals surface area contributed by atoms with Gasteiger partial charge in [0.05, 0.1) is 6.54 Å². The van der Waals surface area contributed by atoms with Crippen molar-refractivity contribution in [3.05, 3.63) is 0 Å². The number of rotatable bonds is 1. The molecule has 0 unspecified atom stereocenters. The molecule has 2 amide bonds. The van der Waals surface area contributed by atoms with Crippen LogP contribution in [0.25, 0.3) is 0 Å². The molecule has 7 nitrogen and oxygen atoms in total. The molecule has 132 valence electrons. The lowest BCUT2D eigenvalue weighted by Gasteiger charge is -2.40. The number of ketones is 1. The second-order valence-corrected chi connectivity index (χ2v) is 7.73. The summed E-state index contributed by atoms with van der Waals surface area (Å²) in [4.78, 5) is 39.1. The highest BCUT2D eigenvalue weighted by molar-refractivity contribution is 5.86. The molecule has 1 fully saturated rings. The molecule has 0 N–H and O–H groups in total. The number of piperazine rings is 1. The third-order valence-corrected chi connectivity index (χ3v) is 3.13. The maximum absolute atomic E-state index is 12.3. The van der Waals surface area contributed by atoms with Crippen LogP contribution in [0.3, 0.4) is 0 Å². The van der Waals surface area contributed by atoms with Crippen molar-refractivity contribution in [2.24, 2.45) is 0 Å². The van der Waals surface area contributed by atoms with Crippen molar-refractivity contribution < 1.29 is 23.9 Å². The summed E-state index contributed by atoms with van der Waals surface area (Å²) in [6.07, 6.45) is -1.02. The number of nitrogens with zero attached hydrogens (tertiary/aromatic N) is 2. The molecule has 1 saturated heterocycles. The number of carbonyl (C=O) groups excluding carboxylic acids is 3. The van der Waals surface area contributed by atoms with Crippen molar-refractivity contribution in [2.45, 2.75) is 65.7 Å². The van der Waals surface area contributed by atoms with Crippen LogP contribution in [0.2, 0.25) is 0 Å². The first-order valence-electron chi connectivity index (χ1n) is 7.78. The highest BCUT2D eigenvalue weighted by atomic mass is 16.6. The van der Waals surface area contributed by atoms with E-state index < -0.39 is 29.4 Å². The first-order valence-corrected chi connectivity index (χ1v) is 7.78. The van der Waals surface area contributed by atoms with E-state index >= 15 is 0 Å². The zero-order chi connectivity index (χ0) is 18.0. The molecule has 1 aliphatic heterocycles. The fraction of sp³-hybridized carbons (Fsp3) is 0.812. The normalized spacial score (nSPS) is 19.3. The van der Waals surface area contributed by atoms with Crippen molar-refractivity contribution in [1.29, 1.82) is 0 Å². The van der Waals surface area contributed by atoms with Crippen LogP contribution < -0.4 is 0 Å². The molecule has 1 aliphatic rings. The second kappa shape index (κ2) is 6.76. The van der Waals surface area contributed by atoms with Crippen LogP contribution in [0.1, 0.15) is 48.5 Å². The summed E-state index contributed by atoms with van der Waals surface area (Å²) in [6.45, 7) is 12.7. The van der Waals surface area contributed by atoms with Crippen molar-refractivity contribution in [1.82, 2.24) is 9.80 Å². The quantitative estimate of drug-likeness (QED) is 0.739. The zero-order valence-corrected chi connectivity index (χ0v) is 15.1. The average Bonchev–Trinajstić information content (AvgIpc) is 2.33. The Morgan fingerprint density at radius 3 is 1.78 bits per heavy atom. The first-order chi connectivity index (χ1) is 10.3. The van der Waals surface area contributed by atoms with Crippen molar-refractivity contribution >= 4 is 18.0 Å². The Kier molecular flexibility index (Phi) is 5.66. The lowest BCUT2D eigenvalue weighted by Crippen LogP contribution is -2.60. The van der Waals surface area contributed by atoms with E-state index in [0.29, 0.717) is 6.54 Å². The van der Waals surface area contributed by atoms with E-state index in [2.05, 4.69) is 0 Å². The van der Waals surface area contributed by atoms with Crippen LogP contribution in [0.5, 0.6) is 0 Å². The SMILES string of the molecule is CC(=O)[C@@H]1CN(C(=O)OC(C)(C)C)CCN1C(=O)OC(C)(C)C. The molecule has 0 saturated carbocycles. The van der Waals surface area contributed by atoms with E-state index in [0.717, 1.165) is 0 Å². The summed E-state index contributed by atoms with van der Waals surface area (Å²) in [5.74, 6) is -0.191. The molecule has 0 aromatic rings. The Bertz CT molecular complexity index is 476. The van der Waals surface area contributed by atoms with Gasteiger partial charge in [-0.2, -0.15) is 0 Å². The van der Waals surface area contributed by atoms with E-state index in [1.165, 1.54) is 16.7 Å². The van der Waals surface area contributed by atoms with E-state index in [9.17, 15) is 14.4 Å². The summed E-state index contributed by atoms with van der Waals surface area (Å²) >= 11 is 0. The molecular formula is C16H28N2O5. The van der Waals surface area contributed by atoms with Gasteiger partial charge >= 0.3 is 12.2 Å². The standard InChI is InChI=1S/C16H28N2O5/c1-11(19)12-10-17(13(20)22-15(2,3)4)8-9-18(12)14(21)23-16(5,6)7/h12H,8-10H2,1-7H3/t12-/m0/s1. The van der Waals surface area contributed by atoms with Gasteiger partial charge in [-0.15, -0.1) is 0 Å². The van der Waals surface area contributed by atoms with Crippen LogP contribution in [0.15, 0.2) is 0 Å². The van der Waals surface area contributed by atoms with Gasteiger partial charge in [-0.1, -0.05) is 0 Å². The first kappa shape index (κ1) is 19.3. The zero-order valence-electron chi connectivity index (χ0n) is 15.1. The van der Waals surface area contributed by atoms with E-state index in [4.69, 9.17) is 9.47 Å². The van der Waals surface area contributed by atoms with Gasteiger partial charge in [0.15, 0.2) is 5.78 Å². The number of hydrogen-bond acceptors (Lipinski definition) is 5. The van der Waals surface area contributed by atoms with Gasteiger partial charge in [0, 0.05) is 13.1 Å². The molecule has 0 aliphatic carbocycles. The Hall–Kier alpha value is -1.79. The van der Waals surface area contributed by atoms with Crippen LogP contribution in [0, 0.1) is 0 Å². The van der Waals surface area contributed by atoms with Gasteiger partial charge in [0.1, 0.15) is 17.2 Å². The topological polar surface area (TPSA) is 76.2 Å². The second-order valence-electron chi connectivity index (χ2n) is 7.73. The number of ether oxygens (including phenoxy) is 2. The summed E-state index contributed by atoms with van der Waals surface area (Å²) < 4.78 is 10.7. The molecule has 0 spiro atoms. The highest BCUT2D eigenvalue weighted by Crippen LogP contribution is 2.18. The fourth-order valence-corrected chi connectivity index (χ4v) is 2.16. The van der Waals surface area contributed by atoms with Crippen LogP contribution in [0.4, 0.5) is 9.59 Å². The van der Waals surface area contributed by atoms with Crippen LogP contribution in [-0.2, 0) is 14.3 Å². The molecule has 0 aromatic heterocycles. The van der Waals surface area contributed by atoms with E-state index in [1.807, 2.05) is 0 Å². The number of carbonyl (C=O) groups is 3. The molecule has 0 bridgehead atoms. The molecule has 1 atom stereocenters. The lowest BCUT2D eigenvalue weighted by atomic mass is 10.1. The van der Waals surface area contributed by atoms with Crippen molar-refractivity contribution in [3.63, 3.8) is 0 Å². The molecule has 23 heavy (non-hydrogen) atoms. The maximum atomic E-state index is 12.3. The van der Waals surface area contributed by atoms with Gasteiger partial charge in [0.25, 0.3) is 0 Å². The molecule has 1 heterocycles. The van der Waals surface area contributed by atoms with Crippen LogP contribution in [-0.4, -0.2) is 64.6 Å².